The molecule has 0 aliphatic carbocycles. The zero-order valence-corrected chi connectivity index (χ0v) is 15.2. The number of hydrogen-bond acceptors (Lipinski definition) is 2. The molecule has 0 atom stereocenters. The van der Waals surface area contributed by atoms with Crippen molar-refractivity contribution in [1.29, 1.82) is 0 Å². The van der Waals surface area contributed by atoms with Gasteiger partial charge < -0.3 is 9.64 Å². The van der Waals surface area contributed by atoms with Crippen molar-refractivity contribution in [2.75, 3.05) is 24.6 Å². The van der Waals surface area contributed by atoms with Crippen molar-refractivity contribution in [2.24, 2.45) is 0 Å². The average molecular weight is 323 g/mol. The third-order valence-corrected chi connectivity index (χ3v) is 4.14. The summed E-state index contributed by atoms with van der Waals surface area (Å²) in [5.41, 5.74) is 3.69. The van der Waals surface area contributed by atoms with Crippen LogP contribution in [0.4, 0.5) is 5.69 Å². The molecule has 0 spiro atoms. The van der Waals surface area contributed by atoms with Crippen LogP contribution in [0, 0.1) is 0 Å². The van der Waals surface area contributed by atoms with E-state index in [9.17, 15) is 0 Å². The zero-order chi connectivity index (χ0) is 17.2. The Balaban J connectivity index is 1.95. The van der Waals surface area contributed by atoms with Crippen molar-refractivity contribution in [1.82, 2.24) is 0 Å². The minimum Gasteiger partial charge on any atom is -0.494 e. The molecule has 0 saturated carbocycles. The second-order valence-corrected chi connectivity index (χ2v) is 5.87. The summed E-state index contributed by atoms with van der Waals surface area (Å²) in [4.78, 5) is 2.35. The molecule has 128 valence electrons. The van der Waals surface area contributed by atoms with Gasteiger partial charge in [-0.05, 0) is 55.7 Å². The molecule has 0 heterocycles. The maximum absolute atomic E-state index is 5.69. The summed E-state index contributed by atoms with van der Waals surface area (Å²) < 4.78 is 5.69. The van der Waals surface area contributed by atoms with Gasteiger partial charge in [-0.15, -0.1) is 0 Å². The van der Waals surface area contributed by atoms with E-state index >= 15 is 0 Å². The van der Waals surface area contributed by atoms with E-state index in [1.54, 1.807) is 0 Å². The van der Waals surface area contributed by atoms with Gasteiger partial charge in [0, 0.05) is 18.8 Å². The molecule has 0 saturated heterocycles. The van der Waals surface area contributed by atoms with E-state index in [0.717, 1.165) is 38.3 Å². The number of rotatable bonds is 9. The molecule has 2 rings (SSSR count). The second-order valence-electron chi connectivity index (χ2n) is 5.87. The number of hydrogen-bond donors (Lipinski definition) is 0. The summed E-state index contributed by atoms with van der Waals surface area (Å²) in [5, 5.41) is 0. The minimum atomic E-state index is 0.796. The van der Waals surface area contributed by atoms with E-state index in [1.165, 1.54) is 16.8 Å². The van der Waals surface area contributed by atoms with E-state index in [1.807, 2.05) is 12.1 Å². The van der Waals surface area contributed by atoms with Crippen LogP contribution in [0.25, 0.3) is 12.2 Å². The predicted molar refractivity (Wildman–Crippen MR) is 106 cm³/mol. The van der Waals surface area contributed by atoms with Crippen LogP contribution in [0.3, 0.4) is 0 Å². The topological polar surface area (TPSA) is 12.5 Å². The Kier molecular flexibility index (Phi) is 7.41. The number of unbranched alkanes of at least 4 members (excludes halogenated alkanes) is 1. The van der Waals surface area contributed by atoms with Gasteiger partial charge in [-0.25, -0.2) is 0 Å². The van der Waals surface area contributed by atoms with Crippen molar-refractivity contribution in [3.05, 3.63) is 59.7 Å². The van der Waals surface area contributed by atoms with Crippen molar-refractivity contribution >= 4 is 17.8 Å². The molecule has 2 aromatic carbocycles. The highest BCUT2D eigenvalue weighted by molar-refractivity contribution is 5.70. The molecule has 2 aromatic rings. The van der Waals surface area contributed by atoms with Crippen LogP contribution < -0.4 is 9.64 Å². The van der Waals surface area contributed by atoms with E-state index in [0.29, 0.717) is 0 Å². The smallest absolute Gasteiger partial charge is 0.119 e. The highest BCUT2D eigenvalue weighted by atomic mass is 16.5. The van der Waals surface area contributed by atoms with Gasteiger partial charge in [0.2, 0.25) is 0 Å². The van der Waals surface area contributed by atoms with Gasteiger partial charge in [-0.2, -0.15) is 0 Å². The highest BCUT2D eigenvalue weighted by Gasteiger charge is 2.00. The summed E-state index contributed by atoms with van der Waals surface area (Å²) in [6.07, 6.45) is 6.56. The standard InChI is InChI=1S/C22H29NO/c1-4-7-18-24-22-16-12-20(13-17-22)9-8-19-10-14-21(15-11-19)23(5-2)6-3/h8-17H,4-7,18H2,1-3H3/b9-8+. The lowest BCUT2D eigenvalue weighted by Gasteiger charge is -2.20. The van der Waals surface area contributed by atoms with Crippen LogP contribution in [0.1, 0.15) is 44.7 Å². The van der Waals surface area contributed by atoms with Gasteiger partial charge in [0.15, 0.2) is 0 Å². The van der Waals surface area contributed by atoms with E-state index in [-0.39, 0.29) is 0 Å². The fraction of sp³-hybridized carbons (Fsp3) is 0.364. The van der Waals surface area contributed by atoms with E-state index in [4.69, 9.17) is 4.74 Å². The van der Waals surface area contributed by atoms with Crippen LogP contribution in [-0.4, -0.2) is 19.7 Å². The molecule has 0 aliphatic rings. The van der Waals surface area contributed by atoms with Crippen LogP contribution in [0.5, 0.6) is 5.75 Å². The third-order valence-electron chi connectivity index (χ3n) is 4.14. The summed E-state index contributed by atoms with van der Waals surface area (Å²) in [6, 6.07) is 17.0. The Hall–Kier alpha value is -2.22. The summed E-state index contributed by atoms with van der Waals surface area (Å²) in [6.45, 7) is 9.42. The molecule has 0 aromatic heterocycles. The SMILES string of the molecule is CCCCOc1ccc(/C=C/c2ccc(N(CC)CC)cc2)cc1. The van der Waals surface area contributed by atoms with Crippen LogP contribution in [0.15, 0.2) is 48.5 Å². The number of benzene rings is 2. The molecule has 0 aliphatic heterocycles. The first-order valence-corrected chi connectivity index (χ1v) is 9.02. The molecule has 0 unspecified atom stereocenters. The molecule has 2 heteroatoms. The van der Waals surface area contributed by atoms with Gasteiger partial charge in [-0.3, -0.25) is 0 Å². The van der Waals surface area contributed by atoms with E-state index in [2.05, 4.69) is 74.2 Å². The lowest BCUT2D eigenvalue weighted by molar-refractivity contribution is 0.309. The molecule has 0 bridgehead atoms. The van der Waals surface area contributed by atoms with E-state index < -0.39 is 0 Å². The Morgan fingerprint density at radius 3 is 1.83 bits per heavy atom. The molecular weight excluding hydrogens is 294 g/mol. The van der Waals surface area contributed by atoms with Crippen LogP contribution >= 0.6 is 0 Å². The molecule has 0 radical (unpaired) electrons. The second kappa shape index (κ2) is 9.82. The Morgan fingerprint density at radius 2 is 1.33 bits per heavy atom. The number of nitrogens with zero attached hydrogens (tertiary/aromatic N) is 1. The van der Waals surface area contributed by atoms with Gasteiger partial charge >= 0.3 is 0 Å². The van der Waals surface area contributed by atoms with Crippen LogP contribution in [0.2, 0.25) is 0 Å². The quantitative estimate of drug-likeness (QED) is 0.422. The molecule has 2 nitrogen and oxygen atoms in total. The highest BCUT2D eigenvalue weighted by Crippen LogP contribution is 2.18. The fourth-order valence-corrected chi connectivity index (χ4v) is 2.59. The molecule has 0 fully saturated rings. The first-order chi connectivity index (χ1) is 11.8. The summed E-state index contributed by atoms with van der Waals surface area (Å²) in [5.74, 6) is 0.948. The average Bonchev–Trinajstić information content (AvgIpc) is 2.63. The van der Waals surface area contributed by atoms with Crippen molar-refractivity contribution in [3.8, 4) is 5.75 Å². The molecule has 24 heavy (non-hydrogen) atoms. The molecule has 0 amide bonds. The fourth-order valence-electron chi connectivity index (χ4n) is 2.59. The largest absolute Gasteiger partial charge is 0.494 e. The normalized spacial score (nSPS) is 11.0. The van der Waals surface area contributed by atoms with Crippen molar-refractivity contribution in [2.45, 2.75) is 33.6 Å². The van der Waals surface area contributed by atoms with Gasteiger partial charge in [-0.1, -0.05) is 49.8 Å². The summed E-state index contributed by atoms with van der Waals surface area (Å²) in [7, 11) is 0. The lowest BCUT2D eigenvalue weighted by atomic mass is 10.1. The summed E-state index contributed by atoms with van der Waals surface area (Å²) >= 11 is 0. The molecule has 0 N–H and O–H groups in total. The first-order valence-electron chi connectivity index (χ1n) is 9.02. The number of ether oxygens (including phenoxy) is 1. The lowest BCUT2D eigenvalue weighted by Crippen LogP contribution is -2.21. The van der Waals surface area contributed by atoms with Crippen molar-refractivity contribution < 1.29 is 4.74 Å². The zero-order valence-electron chi connectivity index (χ0n) is 15.2. The van der Waals surface area contributed by atoms with Gasteiger partial charge in [0.1, 0.15) is 5.75 Å². The monoisotopic (exact) mass is 323 g/mol. The maximum Gasteiger partial charge on any atom is 0.119 e. The molecular formula is C22H29NO. The minimum absolute atomic E-state index is 0.796. The Morgan fingerprint density at radius 1 is 0.792 bits per heavy atom. The predicted octanol–water partition coefficient (Wildman–Crippen LogP) is 5.88. The van der Waals surface area contributed by atoms with Crippen molar-refractivity contribution in [3.63, 3.8) is 0 Å². The Bertz CT molecular complexity index is 609. The maximum atomic E-state index is 5.69. The third kappa shape index (κ3) is 5.45. The Labute approximate surface area is 146 Å². The first kappa shape index (κ1) is 18.1. The number of anilines is 1. The van der Waals surface area contributed by atoms with Crippen LogP contribution in [-0.2, 0) is 0 Å². The van der Waals surface area contributed by atoms with Gasteiger partial charge in [0.05, 0.1) is 6.61 Å². The van der Waals surface area contributed by atoms with Gasteiger partial charge in [0.25, 0.3) is 0 Å².